The standard InChI is InChI=1S/C42H58FN5O6S/c1-3-39(49)47-22-5-4-11-36(26-47)55(52,53)35-16-14-34(15-17-35)48-28-41(51,29-48)27-46-23-18-31(19-24-46)42(30-45-20-8-21-45,32-9-6-10-33(43)25-32)37-12-7-13-38(37)44-40(50)54-2/h3,6,9-10,14-17,25,31,36-38,51H,1,4-5,7-8,11-13,18-24,26-30H2,2H3,(H,44,50)/t36-,37+,38+,42?/m1/s1. The number of aliphatic hydroxyl groups is 1. The third kappa shape index (κ3) is 8.31. The van der Waals surface area contributed by atoms with Crippen molar-refractivity contribution in [3.05, 3.63) is 72.6 Å². The Morgan fingerprint density at radius 1 is 0.964 bits per heavy atom. The second-order valence-corrected chi connectivity index (χ2v) is 19.0. The second kappa shape index (κ2) is 16.5. The monoisotopic (exact) mass is 779 g/mol. The maximum absolute atomic E-state index is 15.0. The molecule has 0 bridgehead atoms. The number of benzene rings is 2. The maximum Gasteiger partial charge on any atom is 0.407 e. The van der Waals surface area contributed by atoms with E-state index in [0.717, 1.165) is 95.3 Å². The summed E-state index contributed by atoms with van der Waals surface area (Å²) in [5, 5.41) is 14.2. The Kier molecular flexibility index (Phi) is 11.9. The van der Waals surface area contributed by atoms with Gasteiger partial charge in [0.2, 0.25) is 5.91 Å². The third-order valence-corrected chi connectivity index (χ3v) is 15.5. The lowest BCUT2D eigenvalue weighted by molar-refractivity contribution is -0.125. The number of piperidine rings is 1. The van der Waals surface area contributed by atoms with E-state index in [1.807, 2.05) is 18.2 Å². The van der Waals surface area contributed by atoms with E-state index in [4.69, 9.17) is 4.74 Å². The minimum Gasteiger partial charge on any atom is -0.453 e. The number of rotatable bonds is 12. The lowest BCUT2D eigenvalue weighted by atomic mass is 9.57. The largest absolute Gasteiger partial charge is 0.453 e. The number of sulfone groups is 1. The number of carbonyl (C=O) groups is 2. The van der Waals surface area contributed by atoms with Crippen LogP contribution in [-0.2, 0) is 24.8 Å². The average molecular weight is 780 g/mol. The molecule has 2 aromatic carbocycles. The smallest absolute Gasteiger partial charge is 0.407 e. The highest BCUT2D eigenvalue weighted by Gasteiger charge is 2.53. The Bertz CT molecular complexity index is 1790. The number of anilines is 1. The molecule has 0 radical (unpaired) electrons. The van der Waals surface area contributed by atoms with Gasteiger partial charge in [-0.25, -0.2) is 17.6 Å². The van der Waals surface area contributed by atoms with Crippen molar-refractivity contribution in [2.45, 2.75) is 85.0 Å². The van der Waals surface area contributed by atoms with Crippen LogP contribution >= 0.6 is 0 Å². The Labute approximate surface area is 325 Å². The molecule has 7 rings (SSSR count). The van der Waals surface area contributed by atoms with Crippen LogP contribution in [-0.4, -0.2) is 130 Å². The molecule has 13 heteroatoms. The van der Waals surface area contributed by atoms with E-state index in [-0.39, 0.29) is 46.5 Å². The molecule has 2 aromatic rings. The van der Waals surface area contributed by atoms with Gasteiger partial charge in [0.25, 0.3) is 0 Å². The molecule has 2 N–H and O–H groups in total. The van der Waals surface area contributed by atoms with Crippen molar-refractivity contribution in [2.24, 2.45) is 11.8 Å². The number of halogens is 1. The summed E-state index contributed by atoms with van der Waals surface area (Å²) in [7, 11) is -2.24. The fraction of sp³-hybridized carbons (Fsp3) is 0.619. The van der Waals surface area contributed by atoms with Crippen LogP contribution in [0.3, 0.4) is 0 Å². The molecule has 0 aromatic heterocycles. The predicted octanol–water partition coefficient (Wildman–Crippen LogP) is 4.60. The predicted molar refractivity (Wildman–Crippen MR) is 210 cm³/mol. The summed E-state index contributed by atoms with van der Waals surface area (Å²) >= 11 is 0. The maximum atomic E-state index is 15.0. The van der Waals surface area contributed by atoms with Gasteiger partial charge in [-0.2, -0.15) is 0 Å². The molecule has 5 fully saturated rings. The molecule has 1 unspecified atom stereocenters. The zero-order valence-electron chi connectivity index (χ0n) is 32.2. The van der Waals surface area contributed by atoms with E-state index in [1.54, 1.807) is 23.1 Å². The zero-order valence-corrected chi connectivity index (χ0v) is 33.0. The Morgan fingerprint density at radius 2 is 1.71 bits per heavy atom. The van der Waals surface area contributed by atoms with Gasteiger partial charge >= 0.3 is 6.09 Å². The number of carbonyl (C=O) groups excluding carboxylic acids is 2. The number of nitrogens with zero attached hydrogens (tertiary/aromatic N) is 4. The highest BCUT2D eigenvalue weighted by Crippen LogP contribution is 2.51. The van der Waals surface area contributed by atoms with Crippen LogP contribution in [0.15, 0.2) is 66.1 Å². The Morgan fingerprint density at radius 3 is 2.36 bits per heavy atom. The summed E-state index contributed by atoms with van der Waals surface area (Å²) in [6.45, 7) is 10.2. The lowest BCUT2D eigenvalue weighted by Gasteiger charge is -2.55. The number of hydrogen-bond donors (Lipinski definition) is 2. The summed E-state index contributed by atoms with van der Waals surface area (Å²) in [5.74, 6) is -0.0699. The first kappa shape index (κ1) is 39.7. The number of likely N-dealkylation sites (tertiary alicyclic amines) is 3. The third-order valence-electron chi connectivity index (χ3n) is 13.4. The lowest BCUT2D eigenvalue weighted by Crippen LogP contribution is -2.67. The van der Waals surface area contributed by atoms with Crippen LogP contribution in [0.1, 0.15) is 63.4 Å². The normalized spacial score (nSPS) is 26.3. The van der Waals surface area contributed by atoms with Gasteiger partial charge in [-0.05, 0) is 131 Å². The first-order valence-corrected chi connectivity index (χ1v) is 21.8. The summed E-state index contributed by atoms with van der Waals surface area (Å²) < 4.78 is 47.3. The Hall–Kier alpha value is -3.52. The van der Waals surface area contributed by atoms with Crippen molar-refractivity contribution in [3.8, 4) is 0 Å². The molecule has 4 saturated heterocycles. The van der Waals surface area contributed by atoms with Crippen LogP contribution in [0, 0.1) is 17.7 Å². The van der Waals surface area contributed by atoms with E-state index in [2.05, 4.69) is 32.7 Å². The first-order valence-electron chi connectivity index (χ1n) is 20.2. The van der Waals surface area contributed by atoms with Crippen molar-refractivity contribution in [1.29, 1.82) is 0 Å². The van der Waals surface area contributed by atoms with Crippen LogP contribution in [0.2, 0.25) is 0 Å². The highest BCUT2D eigenvalue weighted by atomic mass is 32.2. The number of β-amino-alcohol motifs (C(OH)–C–C–N with tert-alkyl or cyclic N) is 1. The van der Waals surface area contributed by atoms with Gasteiger partial charge < -0.3 is 34.8 Å². The molecule has 11 nitrogen and oxygen atoms in total. The van der Waals surface area contributed by atoms with Gasteiger partial charge in [-0.1, -0.05) is 31.6 Å². The summed E-state index contributed by atoms with van der Waals surface area (Å²) in [4.78, 5) is 33.6. The highest BCUT2D eigenvalue weighted by molar-refractivity contribution is 7.92. The molecule has 1 saturated carbocycles. The molecule has 4 atom stereocenters. The van der Waals surface area contributed by atoms with E-state index in [9.17, 15) is 23.1 Å². The van der Waals surface area contributed by atoms with E-state index < -0.39 is 26.8 Å². The van der Waals surface area contributed by atoms with E-state index in [1.165, 1.54) is 19.3 Å². The summed E-state index contributed by atoms with van der Waals surface area (Å²) in [6.07, 6.45) is 8.64. The molecule has 300 valence electrons. The molecule has 0 spiro atoms. The van der Waals surface area contributed by atoms with Crippen molar-refractivity contribution in [2.75, 3.05) is 77.5 Å². The van der Waals surface area contributed by atoms with E-state index in [0.29, 0.717) is 32.6 Å². The van der Waals surface area contributed by atoms with Gasteiger partial charge in [0.15, 0.2) is 9.84 Å². The minimum atomic E-state index is -3.64. The van der Waals surface area contributed by atoms with Gasteiger partial charge in [-0.15, -0.1) is 0 Å². The quantitative estimate of drug-likeness (QED) is 0.298. The number of ether oxygens (including phenoxy) is 1. The Balaban J connectivity index is 1.00. The number of alkyl carbamates (subject to hydrolysis) is 1. The summed E-state index contributed by atoms with van der Waals surface area (Å²) in [6, 6.07) is 14.0. The second-order valence-electron chi connectivity index (χ2n) is 16.7. The number of methoxy groups -OCH3 is 1. The molecule has 55 heavy (non-hydrogen) atoms. The topological polar surface area (TPSA) is 123 Å². The number of hydrogen-bond acceptors (Lipinski definition) is 9. The van der Waals surface area contributed by atoms with Crippen LogP contribution < -0.4 is 10.2 Å². The SMILES string of the molecule is C=CC(=O)N1CCCC[C@@H](S(=O)(=O)c2ccc(N3CC(O)(CN4CCC(C(CN5CCC5)(c5cccc(F)c5)[C@H]5CCC[C@@H]5NC(=O)OC)CC4)C3)cc2)C1. The molecule has 1 aliphatic carbocycles. The van der Waals surface area contributed by atoms with Gasteiger partial charge in [0, 0.05) is 56.4 Å². The molecular formula is C42H58FN5O6S. The van der Waals surface area contributed by atoms with E-state index >= 15 is 4.39 Å². The van der Waals surface area contributed by atoms with Crippen molar-refractivity contribution in [3.63, 3.8) is 0 Å². The van der Waals surface area contributed by atoms with Crippen LogP contribution in [0.5, 0.6) is 0 Å². The molecule has 5 aliphatic rings. The van der Waals surface area contributed by atoms with Crippen LogP contribution in [0.4, 0.5) is 14.9 Å². The first-order chi connectivity index (χ1) is 26.4. The van der Waals surface area contributed by atoms with Crippen molar-refractivity contribution < 1.29 is 32.2 Å². The molecular weight excluding hydrogens is 722 g/mol. The van der Waals surface area contributed by atoms with Gasteiger partial charge in [0.1, 0.15) is 11.4 Å². The molecule has 2 amide bonds. The molecule has 4 heterocycles. The van der Waals surface area contributed by atoms with Crippen molar-refractivity contribution in [1.82, 2.24) is 20.0 Å². The zero-order chi connectivity index (χ0) is 38.8. The minimum absolute atomic E-state index is 0.0546. The van der Waals surface area contributed by atoms with Gasteiger partial charge in [0.05, 0.1) is 17.3 Å². The number of amides is 2. The number of nitrogens with one attached hydrogen (secondary N) is 1. The average Bonchev–Trinajstić information content (AvgIpc) is 3.46. The van der Waals surface area contributed by atoms with Gasteiger partial charge in [-0.3, -0.25) is 4.79 Å². The van der Waals surface area contributed by atoms with Crippen molar-refractivity contribution >= 4 is 27.5 Å². The van der Waals surface area contributed by atoms with Crippen LogP contribution in [0.25, 0.3) is 0 Å². The molecule has 4 aliphatic heterocycles. The summed E-state index contributed by atoms with van der Waals surface area (Å²) in [5.41, 5.74) is 0.646. The fourth-order valence-corrected chi connectivity index (χ4v) is 12.2. The fourth-order valence-electron chi connectivity index (χ4n) is 10.4.